The van der Waals surface area contributed by atoms with Crippen molar-refractivity contribution in [3.63, 3.8) is 0 Å². The van der Waals surface area contributed by atoms with Crippen LogP contribution in [0.25, 0.3) is 0 Å². The maximum Gasteiger partial charge on any atom is 0.310 e. The van der Waals surface area contributed by atoms with Crippen molar-refractivity contribution >= 4 is 29.1 Å². The third-order valence-corrected chi connectivity index (χ3v) is 5.99. The second kappa shape index (κ2) is 8.66. The van der Waals surface area contributed by atoms with Crippen LogP contribution in [-0.2, 0) is 25.5 Å². The van der Waals surface area contributed by atoms with E-state index in [1.807, 2.05) is 17.5 Å². The fourth-order valence-electron chi connectivity index (χ4n) is 3.83. The van der Waals surface area contributed by atoms with Gasteiger partial charge in [0, 0.05) is 24.5 Å². The largest absolute Gasteiger partial charge is 0.466 e. The SMILES string of the molecule is CCOC(=O)C1CCCN(C(=O)C2CCCN2C(=O)Cc2cccs2)C1. The monoisotopic (exact) mass is 378 g/mol. The summed E-state index contributed by atoms with van der Waals surface area (Å²) in [4.78, 5) is 42.2. The first kappa shape index (κ1) is 18.9. The molecule has 2 amide bonds. The van der Waals surface area contributed by atoms with E-state index in [0.29, 0.717) is 39.1 Å². The third kappa shape index (κ3) is 4.26. The first-order chi connectivity index (χ1) is 12.6. The predicted molar refractivity (Wildman–Crippen MR) is 98.7 cm³/mol. The molecule has 2 unspecified atom stereocenters. The van der Waals surface area contributed by atoms with Gasteiger partial charge in [-0.05, 0) is 44.1 Å². The number of amides is 2. The van der Waals surface area contributed by atoms with Crippen molar-refractivity contribution in [2.24, 2.45) is 5.92 Å². The van der Waals surface area contributed by atoms with Gasteiger partial charge in [-0.2, -0.15) is 0 Å². The van der Waals surface area contributed by atoms with Crippen molar-refractivity contribution in [1.82, 2.24) is 9.80 Å². The van der Waals surface area contributed by atoms with Crippen molar-refractivity contribution in [2.45, 2.75) is 45.1 Å². The molecule has 3 rings (SSSR count). The van der Waals surface area contributed by atoms with E-state index in [2.05, 4.69) is 0 Å². The van der Waals surface area contributed by atoms with Crippen LogP contribution < -0.4 is 0 Å². The van der Waals surface area contributed by atoms with E-state index in [0.717, 1.165) is 24.1 Å². The molecule has 6 nitrogen and oxygen atoms in total. The Morgan fingerprint density at radius 3 is 2.77 bits per heavy atom. The number of hydrogen-bond donors (Lipinski definition) is 0. The van der Waals surface area contributed by atoms with Gasteiger partial charge in [-0.1, -0.05) is 6.07 Å². The summed E-state index contributed by atoms with van der Waals surface area (Å²) >= 11 is 1.56. The molecule has 2 aliphatic heterocycles. The van der Waals surface area contributed by atoms with Crippen LogP contribution in [0, 0.1) is 5.92 Å². The summed E-state index contributed by atoms with van der Waals surface area (Å²) in [5.74, 6) is -0.468. The van der Waals surface area contributed by atoms with Gasteiger partial charge < -0.3 is 14.5 Å². The highest BCUT2D eigenvalue weighted by Crippen LogP contribution is 2.25. The summed E-state index contributed by atoms with van der Waals surface area (Å²) in [6.45, 7) is 3.84. The summed E-state index contributed by atoms with van der Waals surface area (Å²) in [7, 11) is 0. The Hall–Kier alpha value is -1.89. The standard InChI is InChI=1S/C19H26N2O4S/c1-2-25-19(24)14-6-3-9-20(13-14)18(23)16-8-4-10-21(16)17(22)12-15-7-5-11-26-15/h5,7,11,14,16H,2-4,6,8-10,12-13H2,1H3. The van der Waals surface area contributed by atoms with Crippen molar-refractivity contribution in [2.75, 3.05) is 26.2 Å². The highest BCUT2D eigenvalue weighted by Gasteiger charge is 2.38. The van der Waals surface area contributed by atoms with Crippen LogP contribution in [0.15, 0.2) is 17.5 Å². The summed E-state index contributed by atoms with van der Waals surface area (Å²) < 4.78 is 5.11. The molecule has 0 N–H and O–H groups in total. The average molecular weight is 378 g/mol. The number of hydrogen-bond acceptors (Lipinski definition) is 5. The normalized spacial score (nSPS) is 23.1. The molecule has 2 saturated heterocycles. The summed E-state index contributed by atoms with van der Waals surface area (Å²) in [5, 5.41) is 1.96. The summed E-state index contributed by atoms with van der Waals surface area (Å²) in [5.41, 5.74) is 0. The van der Waals surface area contributed by atoms with Gasteiger partial charge >= 0.3 is 5.97 Å². The molecule has 1 aromatic rings. The maximum atomic E-state index is 13.0. The number of nitrogens with zero attached hydrogens (tertiary/aromatic N) is 2. The molecular formula is C19H26N2O4S. The molecule has 2 atom stereocenters. The zero-order chi connectivity index (χ0) is 18.5. The van der Waals surface area contributed by atoms with Crippen LogP contribution in [0.2, 0.25) is 0 Å². The number of piperidine rings is 1. The average Bonchev–Trinajstić information content (AvgIpc) is 3.33. The lowest BCUT2D eigenvalue weighted by molar-refractivity contribution is -0.153. The summed E-state index contributed by atoms with van der Waals surface area (Å²) in [6.07, 6.45) is 3.46. The number of carbonyl (C=O) groups excluding carboxylic acids is 3. The molecule has 0 spiro atoms. The molecule has 1 aromatic heterocycles. The van der Waals surface area contributed by atoms with Gasteiger partial charge in [0.15, 0.2) is 0 Å². The molecule has 0 radical (unpaired) electrons. The quantitative estimate of drug-likeness (QED) is 0.736. The first-order valence-corrected chi connectivity index (χ1v) is 10.3. The molecule has 2 fully saturated rings. The Morgan fingerprint density at radius 2 is 2.04 bits per heavy atom. The lowest BCUT2D eigenvalue weighted by atomic mass is 9.97. The van der Waals surface area contributed by atoms with Gasteiger partial charge in [-0.3, -0.25) is 14.4 Å². The van der Waals surface area contributed by atoms with Gasteiger partial charge in [-0.15, -0.1) is 11.3 Å². The maximum absolute atomic E-state index is 13.0. The Kier molecular flexibility index (Phi) is 6.29. The van der Waals surface area contributed by atoms with Crippen molar-refractivity contribution in [3.8, 4) is 0 Å². The van der Waals surface area contributed by atoms with Crippen LogP contribution >= 0.6 is 11.3 Å². The molecule has 26 heavy (non-hydrogen) atoms. The van der Waals surface area contributed by atoms with E-state index >= 15 is 0 Å². The number of ether oxygens (including phenoxy) is 1. The molecule has 3 heterocycles. The smallest absolute Gasteiger partial charge is 0.310 e. The number of esters is 1. The van der Waals surface area contributed by atoms with E-state index < -0.39 is 0 Å². The lowest BCUT2D eigenvalue weighted by Crippen LogP contribution is -2.51. The van der Waals surface area contributed by atoms with E-state index in [1.165, 1.54) is 0 Å². The van der Waals surface area contributed by atoms with Gasteiger partial charge in [0.1, 0.15) is 6.04 Å². The van der Waals surface area contributed by atoms with Crippen molar-refractivity contribution in [1.29, 1.82) is 0 Å². The Balaban J connectivity index is 1.62. The van der Waals surface area contributed by atoms with E-state index in [1.54, 1.807) is 28.1 Å². The van der Waals surface area contributed by atoms with Crippen LogP contribution in [0.1, 0.15) is 37.5 Å². The minimum absolute atomic E-state index is 0.0160. The zero-order valence-corrected chi connectivity index (χ0v) is 16.0. The Labute approximate surface area is 158 Å². The van der Waals surface area contributed by atoms with Crippen LogP contribution in [-0.4, -0.2) is 59.9 Å². The van der Waals surface area contributed by atoms with Gasteiger partial charge in [-0.25, -0.2) is 0 Å². The van der Waals surface area contributed by atoms with Crippen LogP contribution in [0.5, 0.6) is 0 Å². The Bertz CT molecular complexity index is 646. The number of thiophene rings is 1. The third-order valence-electron chi connectivity index (χ3n) is 5.12. The molecule has 142 valence electrons. The molecule has 2 aliphatic rings. The van der Waals surface area contributed by atoms with E-state index in [-0.39, 0.29) is 29.7 Å². The second-order valence-corrected chi connectivity index (χ2v) is 7.91. The van der Waals surface area contributed by atoms with Crippen LogP contribution in [0.4, 0.5) is 0 Å². The zero-order valence-electron chi connectivity index (χ0n) is 15.2. The molecule has 0 saturated carbocycles. The fourth-order valence-corrected chi connectivity index (χ4v) is 4.52. The van der Waals surface area contributed by atoms with Crippen molar-refractivity contribution < 1.29 is 19.1 Å². The van der Waals surface area contributed by atoms with Crippen LogP contribution in [0.3, 0.4) is 0 Å². The molecule has 0 aliphatic carbocycles. The summed E-state index contributed by atoms with van der Waals surface area (Å²) in [6, 6.07) is 3.50. The highest BCUT2D eigenvalue weighted by molar-refractivity contribution is 7.10. The highest BCUT2D eigenvalue weighted by atomic mass is 32.1. The molecular weight excluding hydrogens is 352 g/mol. The number of likely N-dealkylation sites (tertiary alicyclic amines) is 2. The van der Waals surface area contributed by atoms with E-state index in [9.17, 15) is 14.4 Å². The molecule has 0 bridgehead atoms. The second-order valence-electron chi connectivity index (χ2n) is 6.88. The number of rotatable bonds is 5. The minimum atomic E-state index is -0.386. The lowest BCUT2D eigenvalue weighted by Gasteiger charge is -2.35. The fraction of sp³-hybridized carbons (Fsp3) is 0.632. The molecule has 7 heteroatoms. The minimum Gasteiger partial charge on any atom is -0.466 e. The number of carbonyl (C=O) groups is 3. The topological polar surface area (TPSA) is 66.9 Å². The van der Waals surface area contributed by atoms with Gasteiger partial charge in [0.2, 0.25) is 11.8 Å². The first-order valence-electron chi connectivity index (χ1n) is 9.37. The van der Waals surface area contributed by atoms with Gasteiger partial charge in [0.05, 0.1) is 18.9 Å². The van der Waals surface area contributed by atoms with Crippen molar-refractivity contribution in [3.05, 3.63) is 22.4 Å². The molecule has 0 aromatic carbocycles. The van der Waals surface area contributed by atoms with Gasteiger partial charge in [0.25, 0.3) is 0 Å². The van der Waals surface area contributed by atoms with E-state index in [4.69, 9.17) is 4.74 Å². The Morgan fingerprint density at radius 1 is 1.23 bits per heavy atom. The predicted octanol–water partition coefficient (Wildman–Crippen LogP) is 2.08.